The number of hydrogen-bond donors (Lipinski definition) is 3. The van der Waals surface area contributed by atoms with Gasteiger partial charge >= 0.3 is 0 Å². The molecule has 31 heavy (non-hydrogen) atoms. The highest BCUT2D eigenvalue weighted by atomic mass is 35.5. The van der Waals surface area contributed by atoms with Crippen molar-refractivity contribution in [2.45, 2.75) is 18.0 Å². The molecule has 2 aromatic carbocycles. The van der Waals surface area contributed by atoms with Crippen molar-refractivity contribution in [3.05, 3.63) is 95.0 Å². The summed E-state index contributed by atoms with van der Waals surface area (Å²) in [6.07, 6.45) is 5.67. The quantitative estimate of drug-likeness (QED) is 0.316. The molecule has 164 valence electrons. The van der Waals surface area contributed by atoms with E-state index in [1.807, 2.05) is 42.6 Å². The van der Waals surface area contributed by atoms with Gasteiger partial charge in [0.05, 0.1) is 6.10 Å². The molecule has 2 aromatic rings. The third kappa shape index (κ3) is 6.92. The van der Waals surface area contributed by atoms with Crippen molar-refractivity contribution < 1.29 is 14.3 Å². The molecular weight excluding hydrogens is 417 g/mol. The monoisotopic (exact) mass is 443 g/mol. The van der Waals surface area contributed by atoms with Crippen LogP contribution in [0.4, 0.5) is 4.39 Å². The van der Waals surface area contributed by atoms with E-state index in [0.29, 0.717) is 30.8 Å². The van der Waals surface area contributed by atoms with E-state index < -0.39 is 6.10 Å². The highest BCUT2D eigenvalue weighted by molar-refractivity contribution is 6.21. The summed E-state index contributed by atoms with van der Waals surface area (Å²) >= 11 is 5.93. The van der Waals surface area contributed by atoms with Gasteiger partial charge in [0, 0.05) is 31.9 Å². The van der Waals surface area contributed by atoms with Crippen molar-refractivity contribution in [2.24, 2.45) is 0 Å². The van der Waals surface area contributed by atoms with E-state index in [1.54, 1.807) is 24.1 Å². The Bertz CT molecular complexity index is 929. The number of carbonyl (C=O) groups is 1. The summed E-state index contributed by atoms with van der Waals surface area (Å²) in [5.74, 6) is -0.365. The molecule has 2 unspecified atom stereocenters. The first-order valence-electron chi connectivity index (χ1n) is 10.2. The summed E-state index contributed by atoms with van der Waals surface area (Å²) < 4.78 is 13.0. The molecule has 1 amide bonds. The summed E-state index contributed by atoms with van der Waals surface area (Å²) in [5, 5.41) is 16.4. The van der Waals surface area contributed by atoms with Crippen LogP contribution in [-0.2, 0) is 6.42 Å². The highest BCUT2D eigenvalue weighted by Gasteiger charge is 2.14. The van der Waals surface area contributed by atoms with Crippen LogP contribution in [0.2, 0.25) is 0 Å². The van der Waals surface area contributed by atoms with Crippen LogP contribution in [0.25, 0.3) is 0 Å². The molecule has 3 N–H and O–H groups in total. The molecular formula is C24H27ClFN3O2. The molecule has 1 aliphatic heterocycles. The Morgan fingerprint density at radius 3 is 2.58 bits per heavy atom. The zero-order valence-electron chi connectivity index (χ0n) is 17.4. The maximum Gasteiger partial charge on any atom is 0.253 e. The number of halogens is 2. The lowest BCUT2D eigenvalue weighted by atomic mass is 10.1. The van der Waals surface area contributed by atoms with Gasteiger partial charge < -0.3 is 20.6 Å². The molecule has 0 spiro atoms. The lowest BCUT2D eigenvalue weighted by Crippen LogP contribution is -2.30. The van der Waals surface area contributed by atoms with E-state index in [9.17, 15) is 14.3 Å². The second kappa shape index (κ2) is 11.1. The molecule has 0 aromatic heterocycles. The minimum Gasteiger partial charge on any atom is -0.387 e. The first kappa shape index (κ1) is 23.0. The lowest BCUT2D eigenvalue weighted by molar-refractivity contribution is 0.0807. The molecule has 1 aliphatic rings. The smallest absolute Gasteiger partial charge is 0.253 e. The minimum atomic E-state index is -0.684. The van der Waals surface area contributed by atoms with Crippen molar-refractivity contribution in [3.8, 4) is 0 Å². The van der Waals surface area contributed by atoms with Crippen molar-refractivity contribution in [2.75, 3.05) is 26.7 Å². The Hall–Kier alpha value is -2.67. The number of nitrogens with one attached hydrogen (secondary N) is 2. The van der Waals surface area contributed by atoms with Crippen molar-refractivity contribution >= 4 is 17.5 Å². The standard InChI is InChI=1S/C24H27ClFN3O2/c1-29(16-18-4-11-23(25)28-14-18)24(31)20-5-2-17(3-6-20)12-13-27-15-22(30)19-7-9-21(26)10-8-19/h2-11,14,22-23,27-28,30H,12-13,15-16H2,1H3. The molecule has 0 aliphatic carbocycles. The number of aliphatic hydroxyl groups excluding tert-OH is 1. The fourth-order valence-corrected chi connectivity index (χ4v) is 3.39. The van der Waals surface area contributed by atoms with Crippen LogP contribution in [0.15, 0.2) is 72.5 Å². The fourth-order valence-electron chi connectivity index (χ4n) is 3.25. The number of hydrogen-bond acceptors (Lipinski definition) is 4. The number of amides is 1. The third-order valence-electron chi connectivity index (χ3n) is 5.06. The van der Waals surface area contributed by atoms with Crippen LogP contribution in [-0.4, -0.2) is 48.1 Å². The Labute approximate surface area is 187 Å². The zero-order chi connectivity index (χ0) is 22.2. The molecule has 5 nitrogen and oxygen atoms in total. The van der Waals surface area contributed by atoms with Crippen molar-refractivity contribution in [1.29, 1.82) is 0 Å². The van der Waals surface area contributed by atoms with Crippen molar-refractivity contribution in [1.82, 2.24) is 15.5 Å². The molecule has 0 saturated carbocycles. The van der Waals surface area contributed by atoms with Crippen molar-refractivity contribution in [3.63, 3.8) is 0 Å². The van der Waals surface area contributed by atoms with E-state index in [1.165, 1.54) is 12.1 Å². The SMILES string of the molecule is CN(CC1=CNC(Cl)C=C1)C(=O)c1ccc(CCNCC(O)c2ccc(F)cc2)cc1. The lowest BCUT2D eigenvalue weighted by Gasteiger charge is -2.20. The van der Waals surface area contributed by atoms with E-state index in [0.717, 1.165) is 17.6 Å². The molecule has 2 atom stereocenters. The maximum absolute atomic E-state index is 13.0. The predicted molar refractivity (Wildman–Crippen MR) is 121 cm³/mol. The minimum absolute atomic E-state index is 0.0469. The van der Waals surface area contributed by atoms with Crippen LogP contribution >= 0.6 is 11.6 Å². The van der Waals surface area contributed by atoms with Crippen LogP contribution in [0.1, 0.15) is 27.6 Å². The number of alkyl halides is 1. The third-order valence-corrected chi connectivity index (χ3v) is 5.33. The van der Waals surface area contributed by atoms with Gasteiger partial charge in [-0.2, -0.15) is 0 Å². The average molecular weight is 444 g/mol. The molecule has 0 bridgehead atoms. The first-order chi connectivity index (χ1) is 14.9. The number of likely N-dealkylation sites (N-methyl/N-ethyl adjacent to an activating group) is 1. The summed E-state index contributed by atoms with van der Waals surface area (Å²) in [6, 6.07) is 13.4. The number of benzene rings is 2. The topological polar surface area (TPSA) is 64.6 Å². The molecule has 0 saturated heterocycles. The number of aliphatic hydroxyl groups is 1. The van der Waals surface area contributed by atoms with Gasteiger partial charge in [0.1, 0.15) is 11.3 Å². The van der Waals surface area contributed by atoms with Gasteiger partial charge in [0.25, 0.3) is 5.91 Å². The number of nitrogens with zero attached hydrogens (tertiary/aromatic N) is 1. The van der Waals surface area contributed by atoms with Gasteiger partial charge in [-0.25, -0.2) is 4.39 Å². The normalized spacial score (nSPS) is 16.4. The first-order valence-corrected chi connectivity index (χ1v) is 10.6. The fraction of sp³-hybridized carbons (Fsp3) is 0.292. The van der Waals surface area contributed by atoms with Crippen LogP contribution in [0.5, 0.6) is 0 Å². The number of carbonyl (C=O) groups excluding carboxylic acids is 1. The Morgan fingerprint density at radius 2 is 1.94 bits per heavy atom. The maximum atomic E-state index is 13.0. The second-order valence-electron chi connectivity index (χ2n) is 7.53. The Morgan fingerprint density at radius 1 is 1.23 bits per heavy atom. The van der Waals surface area contributed by atoms with Crippen LogP contribution < -0.4 is 10.6 Å². The van der Waals surface area contributed by atoms with E-state index in [-0.39, 0.29) is 17.2 Å². The highest BCUT2D eigenvalue weighted by Crippen LogP contribution is 2.13. The van der Waals surface area contributed by atoms with Gasteiger partial charge in [-0.1, -0.05) is 41.9 Å². The number of dihydropyridines is 1. The Balaban J connectivity index is 1.42. The van der Waals surface area contributed by atoms with Gasteiger partial charge in [-0.05, 0) is 60.0 Å². The number of rotatable bonds is 9. The molecule has 7 heteroatoms. The van der Waals surface area contributed by atoms with E-state index in [2.05, 4.69) is 10.6 Å². The Kier molecular flexibility index (Phi) is 8.23. The molecule has 0 fully saturated rings. The van der Waals surface area contributed by atoms with Gasteiger partial charge in [-0.15, -0.1) is 0 Å². The van der Waals surface area contributed by atoms with Gasteiger partial charge in [0.15, 0.2) is 0 Å². The van der Waals surface area contributed by atoms with E-state index in [4.69, 9.17) is 11.6 Å². The van der Waals surface area contributed by atoms with Crippen LogP contribution in [0, 0.1) is 5.82 Å². The molecule has 1 heterocycles. The summed E-state index contributed by atoms with van der Waals surface area (Å²) in [6.45, 7) is 1.56. The second-order valence-corrected chi connectivity index (χ2v) is 8.00. The largest absolute Gasteiger partial charge is 0.387 e. The van der Waals surface area contributed by atoms with Gasteiger partial charge in [-0.3, -0.25) is 4.79 Å². The summed E-state index contributed by atoms with van der Waals surface area (Å²) in [4.78, 5) is 14.3. The zero-order valence-corrected chi connectivity index (χ0v) is 18.1. The van der Waals surface area contributed by atoms with Gasteiger partial charge in [0.2, 0.25) is 0 Å². The summed E-state index contributed by atoms with van der Waals surface area (Å²) in [5.41, 5.74) is 3.18. The predicted octanol–water partition coefficient (Wildman–Crippen LogP) is 3.37. The summed E-state index contributed by atoms with van der Waals surface area (Å²) in [7, 11) is 1.77. The molecule has 3 rings (SSSR count). The average Bonchev–Trinajstić information content (AvgIpc) is 2.78. The molecule has 0 radical (unpaired) electrons. The van der Waals surface area contributed by atoms with Crippen LogP contribution in [0.3, 0.4) is 0 Å². The van der Waals surface area contributed by atoms with E-state index >= 15 is 0 Å².